The molecule has 5 nitrogen and oxygen atoms in total. The molecular formula is C9H11ClN2O3S. The Balaban J connectivity index is 2.09. The van der Waals surface area contributed by atoms with E-state index in [0.29, 0.717) is 0 Å². The molecule has 1 heterocycles. The molecule has 0 bridgehead atoms. The summed E-state index contributed by atoms with van der Waals surface area (Å²) in [6, 6.07) is 2.88. The summed E-state index contributed by atoms with van der Waals surface area (Å²) in [5, 5.41) is -0.0628. The zero-order valence-corrected chi connectivity index (χ0v) is 9.96. The van der Waals surface area contributed by atoms with Crippen molar-refractivity contribution in [1.82, 2.24) is 9.87 Å². The third-order valence-electron chi connectivity index (χ3n) is 2.39. The topological polar surface area (TPSA) is 68.3 Å². The molecule has 1 fully saturated rings. The Morgan fingerprint density at radius 2 is 2.25 bits per heavy atom. The Hall–Kier alpha value is -0.690. The first-order valence-corrected chi connectivity index (χ1v) is 6.74. The maximum absolute atomic E-state index is 11.7. The van der Waals surface area contributed by atoms with Crippen LogP contribution in [0.1, 0.15) is 19.3 Å². The quantitative estimate of drug-likeness (QED) is 0.660. The smallest absolute Gasteiger partial charge is 0.265 e. The summed E-state index contributed by atoms with van der Waals surface area (Å²) in [6.45, 7) is 0. The lowest BCUT2D eigenvalue weighted by atomic mass is 9.97. The second-order valence-electron chi connectivity index (χ2n) is 3.55. The highest BCUT2D eigenvalue weighted by atomic mass is 35.5. The molecule has 0 aliphatic heterocycles. The van der Waals surface area contributed by atoms with Crippen LogP contribution in [0.25, 0.3) is 0 Å². The summed E-state index contributed by atoms with van der Waals surface area (Å²) in [5.41, 5.74) is 0. The Labute approximate surface area is 98.8 Å². The van der Waals surface area contributed by atoms with Crippen LogP contribution in [-0.4, -0.2) is 19.5 Å². The summed E-state index contributed by atoms with van der Waals surface area (Å²) in [5.74, 6) is 0. The van der Waals surface area contributed by atoms with Gasteiger partial charge in [-0.2, -0.15) is 0 Å². The van der Waals surface area contributed by atoms with Crippen molar-refractivity contribution in [1.29, 1.82) is 0 Å². The molecule has 0 atom stereocenters. The number of rotatable bonds is 4. The largest absolute Gasteiger partial charge is 0.284 e. The van der Waals surface area contributed by atoms with E-state index in [-0.39, 0.29) is 16.2 Å². The number of sulfonamides is 1. The average Bonchev–Trinajstić information content (AvgIpc) is 2.15. The fraction of sp³-hybridized carbons (Fsp3) is 0.444. The molecule has 0 spiro atoms. The molecule has 1 aromatic heterocycles. The monoisotopic (exact) mass is 262 g/mol. The van der Waals surface area contributed by atoms with Crippen LogP contribution in [0.3, 0.4) is 0 Å². The predicted octanol–water partition coefficient (Wildman–Crippen LogP) is 1.50. The SMILES string of the molecule is O=S(=O)(NOC1CCC1)c1cccnc1Cl. The number of hydrogen-bond donors (Lipinski definition) is 1. The number of nitrogens with one attached hydrogen (secondary N) is 1. The van der Waals surface area contributed by atoms with Crippen LogP contribution in [0, 0.1) is 0 Å². The second kappa shape index (κ2) is 4.67. The molecule has 1 aliphatic carbocycles. The molecule has 88 valence electrons. The molecular weight excluding hydrogens is 252 g/mol. The molecule has 0 amide bonds. The van der Waals surface area contributed by atoms with Gasteiger partial charge < -0.3 is 0 Å². The third-order valence-corrected chi connectivity index (χ3v) is 4.03. The zero-order valence-electron chi connectivity index (χ0n) is 8.39. The first-order valence-electron chi connectivity index (χ1n) is 4.87. The lowest BCUT2D eigenvalue weighted by Gasteiger charge is -2.24. The van der Waals surface area contributed by atoms with Gasteiger partial charge in [0.15, 0.2) is 0 Å². The van der Waals surface area contributed by atoms with E-state index in [1.54, 1.807) is 0 Å². The van der Waals surface area contributed by atoms with Crippen LogP contribution in [0.5, 0.6) is 0 Å². The van der Waals surface area contributed by atoms with Crippen LogP contribution < -0.4 is 4.89 Å². The van der Waals surface area contributed by atoms with Gasteiger partial charge in [-0.3, -0.25) is 4.84 Å². The van der Waals surface area contributed by atoms with Crippen molar-refractivity contribution in [3.05, 3.63) is 23.5 Å². The van der Waals surface area contributed by atoms with E-state index in [1.165, 1.54) is 18.3 Å². The molecule has 0 aromatic carbocycles. The minimum Gasteiger partial charge on any atom is -0.284 e. The predicted molar refractivity (Wildman–Crippen MR) is 58.3 cm³/mol. The highest BCUT2D eigenvalue weighted by Gasteiger charge is 2.23. The molecule has 1 aromatic rings. The van der Waals surface area contributed by atoms with Gasteiger partial charge in [-0.1, -0.05) is 16.5 Å². The second-order valence-corrected chi connectivity index (χ2v) is 5.52. The number of nitrogens with zero attached hydrogens (tertiary/aromatic N) is 1. The van der Waals surface area contributed by atoms with Crippen molar-refractivity contribution < 1.29 is 13.3 Å². The van der Waals surface area contributed by atoms with Gasteiger partial charge in [0.1, 0.15) is 10.0 Å². The summed E-state index contributed by atoms with van der Waals surface area (Å²) in [4.78, 5) is 10.7. The summed E-state index contributed by atoms with van der Waals surface area (Å²) in [6.07, 6.45) is 4.23. The van der Waals surface area contributed by atoms with E-state index in [4.69, 9.17) is 16.4 Å². The van der Waals surface area contributed by atoms with Crippen LogP contribution in [0.4, 0.5) is 0 Å². The molecule has 1 N–H and O–H groups in total. The standard InChI is InChI=1S/C9H11ClN2O3S/c10-9-8(5-2-6-11-9)16(13,14)12-15-7-3-1-4-7/h2,5-7,12H,1,3-4H2. The maximum Gasteiger partial charge on any atom is 0.265 e. The van der Waals surface area contributed by atoms with Crippen molar-refractivity contribution in [2.24, 2.45) is 0 Å². The molecule has 0 saturated heterocycles. The minimum absolute atomic E-state index is 0.0229. The Bertz CT molecular complexity index is 473. The Morgan fingerprint density at radius 1 is 1.50 bits per heavy atom. The first-order chi connectivity index (χ1) is 7.59. The highest BCUT2D eigenvalue weighted by molar-refractivity contribution is 7.89. The van der Waals surface area contributed by atoms with Crippen molar-refractivity contribution in [3.8, 4) is 0 Å². The van der Waals surface area contributed by atoms with Gasteiger partial charge in [-0.25, -0.2) is 13.4 Å². The zero-order chi connectivity index (χ0) is 11.6. The lowest BCUT2D eigenvalue weighted by Crippen LogP contribution is -2.33. The van der Waals surface area contributed by atoms with E-state index in [2.05, 4.69) is 9.87 Å². The van der Waals surface area contributed by atoms with Crippen molar-refractivity contribution in [2.45, 2.75) is 30.3 Å². The molecule has 0 radical (unpaired) electrons. The van der Waals surface area contributed by atoms with Gasteiger partial charge in [-0.05, 0) is 31.4 Å². The lowest BCUT2D eigenvalue weighted by molar-refractivity contribution is -0.0280. The van der Waals surface area contributed by atoms with Crippen LogP contribution in [0.15, 0.2) is 23.2 Å². The van der Waals surface area contributed by atoms with E-state index in [1.807, 2.05) is 0 Å². The van der Waals surface area contributed by atoms with Gasteiger partial charge in [0.05, 0.1) is 6.10 Å². The molecule has 1 aliphatic rings. The van der Waals surface area contributed by atoms with Gasteiger partial charge >= 0.3 is 0 Å². The van der Waals surface area contributed by atoms with E-state index < -0.39 is 10.0 Å². The van der Waals surface area contributed by atoms with E-state index in [9.17, 15) is 8.42 Å². The van der Waals surface area contributed by atoms with Gasteiger partial charge in [-0.15, -0.1) is 0 Å². The summed E-state index contributed by atoms with van der Waals surface area (Å²) < 4.78 is 23.5. The van der Waals surface area contributed by atoms with Gasteiger partial charge in [0, 0.05) is 6.20 Å². The van der Waals surface area contributed by atoms with E-state index >= 15 is 0 Å². The normalized spacial score (nSPS) is 17.1. The number of halogens is 1. The van der Waals surface area contributed by atoms with Gasteiger partial charge in [0.2, 0.25) is 0 Å². The van der Waals surface area contributed by atoms with Crippen LogP contribution >= 0.6 is 11.6 Å². The summed E-state index contributed by atoms with van der Waals surface area (Å²) >= 11 is 5.69. The number of aromatic nitrogens is 1. The highest BCUT2D eigenvalue weighted by Crippen LogP contribution is 2.22. The van der Waals surface area contributed by atoms with Gasteiger partial charge in [0.25, 0.3) is 10.0 Å². The fourth-order valence-corrected chi connectivity index (χ4v) is 2.55. The Kier molecular flexibility index (Phi) is 3.44. The molecule has 1 saturated carbocycles. The molecule has 0 unspecified atom stereocenters. The maximum atomic E-state index is 11.7. The minimum atomic E-state index is -3.73. The van der Waals surface area contributed by atoms with Crippen molar-refractivity contribution in [2.75, 3.05) is 0 Å². The third kappa shape index (κ3) is 2.52. The average molecular weight is 263 g/mol. The summed E-state index contributed by atoms with van der Waals surface area (Å²) in [7, 11) is -3.73. The molecule has 16 heavy (non-hydrogen) atoms. The van der Waals surface area contributed by atoms with Crippen molar-refractivity contribution in [3.63, 3.8) is 0 Å². The molecule has 2 rings (SSSR count). The van der Waals surface area contributed by atoms with Crippen molar-refractivity contribution >= 4 is 21.6 Å². The molecule has 7 heteroatoms. The number of hydrogen-bond acceptors (Lipinski definition) is 4. The van der Waals surface area contributed by atoms with E-state index in [0.717, 1.165) is 19.3 Å². The van der Waals surface area contributed by atoms with Crippen LogP contribution in [0.2, 0.25) is 5.15 Å². The Morgan fingerprint density at radius 3 is 2.81 bits per heavy atom. The first kappa shape index (κ1) is 11.8. The number of pyridine rings is 1. The van der Waals surface area contributed by atoms with Crippen LogP contribution in [-0.2, 0) is 14.9 Å². The fourth-order valence-electron chi connectivity index (χ4n) is 1.24.